The summed E-state index contributed by atoms with van der Waals surface area (Å²) in [5.41, 5.74) is 2.52. The van der Waals surface area contributed by atoms with Crippen molar-refractivity contribution in [3.63, 3.8) is 0 Å². The Morgan fingerprint density at radius 1 is 1.03 bits per heavy atom. The van der Waals surface area contributed by atoms with E-state index in [0.717, 1.165) is 17.3 Å². The van der Waals surface area contributed by atoms with E-state index in [9.17, 15) is 9.59 Å². The van der Waals surface area contributed by atoms with Crippen LogP contribution in [0.2, 0.25) is 0 Å². The summed E-state index contributed by atoms with van der Waals surface area (Å²) < 4.78 is 11.2. The van der Waals surface area contributed by atoms with Crippen molar-refractivity contribution in [2.24, 2.45) is 0 Å². The number of benzene rings is 2. The summed E-state index contributed by atoms with van der Waals surface area (Å²) >= 11 is 0. The molecular weight excluding hydrogens is 420 g/mol. The van der Waals surface area contributed by atoms with Gasteiger partial charge in [-0.1, -0.05) is 18.2 Å². The fraction of sp³-hybridized carbons (Fsp3) is 0.160. The Morgan fingerprint density at radius 2 is 1.82 bits per heavy atom. The number of rotatable bonds is 6. The van der Waals surface area contributed by atoms with E-state index in [0.29, 0.717) is 40.8 Å². The fourth-order valence-electron chi connectivity index (χ4n) is 3.45. The van der Waals surface area contributed by atoms with E-state index in [-0.39, 0.29) is 5.91 Å². The van der Waals surface area contributed by atoms with Crippen LogP contribution < -0.4 is 25.4 Å². The zero-order valence-electron chi connectivity index (χ0n) is 18.3. The van der Waals surface area contributed by atoms with Crippen molar-refractivity contribution < 1.29 is 19.1 Å². The highest BCUT2D eigenvalue weighted by Gasteiger charge is 2.14. The number of ether oxygens (including phenoxy) is 2. The molecule has 33 heavy (non-hydrogen) atoms. The second-order valence-corrected chi connectivity index (χ2v) is 7.34. The van der Waals surface area contributed by atoms with Gasteiger partial charge >= 0.3 is 6.03 Å². The number of carbonyl (C=O) groups excluding carboxylic acids is 2. The third kappa shape index (κ3) is 5.30. The Kier molecular flexibility index (Phi) is 6.54. The maximum atomic E-state index is 12.5. The van der Waals surface area contributed by atoms with Crippen LogP contribution in [0, 0.1) is 0 Å². The summed E-state index contributed by atoms with van der Waals surface area (Å²) in [6, 6.07) is 15.9. The summed E-state index contributed by atoms with van der Waals surface area (Å²) in [6.45, 7) is 0. The summed E-state index contributed by atoms with van der Waals surface area (Å²) in [7, 11) is 3.12. The zero-order chi connectivity index (χ0) is 23.2. The molecule has 4 rings (SSSR count). The number of likely N-dealkylation sites (N-methyl/N-ethyl adjacent to an activating group) is 1. The van der Waals surface area contributed by atoms with E-state index in [1.54, 1.807) is 37.4 Å². The highest BCUT2D eigenvalue weighted by Crippen LogP contribution is 2.27. The van der Waals surface area contributed by atoms with E-state index < -0.39 is 6.03 Å². The molecule has 1 aromatic heterocycles. The van der Waals surface area contributed by atoms with Gasteiger partial charge in [0.2, 0.25) is 11.8 Å². The van der Waals surface area contributed by atoms with Crippen LogP contribution in [0.5, 0.6) is 11.6 Å². The maximum absolute atomic E-state index is 12.5. The van der Waals surface area contributed by atoms with Gasteiger partial charge in [0.25, 0.3) is 0 Å². The summed E-state index contributed by atoms with van der Waals surface area (Å²) in [5, 5.41) is 9.08. The topological polar surface area (TPSA) is 102 Å². The van der Waals surface area contributed by atoms with Gasteiger partial charge < -0.3 is 25.4 Å². The number of para-hydroxylation sites is 1. The number of methoxy groups -OCH3 is 1. The molecule has 1 aliphatic rings. The lowest BCUT2D eigenvalue weighted by Gasteiger charge is -2.14. The lowest BCUT2D eigenvalue weighted by atomic mass is 10.0. The normalized spacial score (nSPS) is 12.9. The number of allylic oxidation sites excluding steroid dienone is 2. The van der Waals surface area contributed by atoms with Crippen molar-refractivity contribution >= 4 is 34.2 Å². The maximum Gasteiger partial charge on any atom is 0.323 e. The molecule has 0 saturated heterocycles. The average molecular weight is 444 g/mol. The predicted octanol–water partition coefficient (Wildman–Crippen LogP) is 4.62. The van der Waals surface area contributed by atoms with Crippen LogP contribution in [-0.2, 0) is 4.79 Å². The van der Waals surface area contributed by atoms with Crippen molar-refractivity contribution in [2.45, 2.75) is 12.8 Å². The first kappa shape index (κ1) is 21.9. The number of anilines is 2. The van der Waals surface area contributed by atoms with E-state index in [2.05, 4.69) is 20.9 Å². The predicted molar refractivity (Wildman–Crippen MR) is 127 cm³/mol. The molecule has 0 radical (unpaired) electrons. The van der Waals surface area contributed by atoms with Crippen LogP contribution in [0.1, 0.15) is 12.8 Å². The van der Waals surface area contributed by atoms with E-state index >= 15 is 0 Å². The summed E-state index contributed by atoms with van der Waals surface area (Å²) in [4.78, 5) is 28.8. The second kappa shape index (κ2) is 9.86. The van der Waals surface area contributed by atoms with Gasteiger partial charge in [0.1, 0.15) is 17.2 Å². The number of carbonyl (C=O) groups is 2. The molecule has 2 aromatic carbocycles. The molecule has 3 amide bonds. The minimum atomic E-state index is -0.424. The molecule has 0 spiro atoms. The SMILES string of the molecule is CNC(=O)C1=CC(Oc2ccc(NC(=O)Nc3cc4ccccc4nc3OC)cc2)=CCC1. The Hall–Kier alpha value is -4.33. The number of pyridine rings is 1. The summed E-state index contributed by atoms with van der Waals surface area (Å²) in [6.07, 6.45) is 5.10. The molecule has 0 fully saturated rings. The summed E-state index contributed by atoms with van der Waals surface area (Å²) in [5.74, 6) is 1.45. The molecule has 8 heteroatoms. The van der Waals surface area contributed by atoms with Crippen molar-refractivity contribution in [2.75, 3.05) is 24.8 Å². The lowest BCUT2D eigenvalue weighted by Crippen LogP contribution is -2.21. The number of nitrogens with zero attached hydrogens (tertiary/aromatic N) is 1. The number of hydrogen-bond donors (Lipinski definition) is 3. The van der Waals surface area contributed by atoms with Crippen molar-refractivity contribution in [3.8, 4) is 11.6 Å². The number of nitrogens with one attached hydrogen (secondary N) is 3. The molecule has 0 unspecified atom stereocenters. The zero-order valence-corrected chi connectivity index (χ0v) is 18.3. The van der Waals surface area contributed by atoms with Crippen molar-refractivity contribution in [1.82, 2.24) is 10.3 Å². The van der Waals surface area contributed by atoms with Crippen molar-refractivity contribution in [3.05, 3.63) is 78.1 Å². The van der Waals surface area contributed by atoms with Gasteiger partial charge in [-0.3, -0.25) is 4.79 Å². The second-order valence-electron chi connectivity index (χ2n) is 7.34. The number of amides is 3. The molecule has 1 aliphatic carbocycles. The highest BCUT2D eigenvalue weighted by molar-refractivity contribution is 6.01. The Bertz CT molecular complexity index is 1250. The van der Waals surface area contributed by atoms with Gasteiger partial charge in [0.15, 0.2) is 0 Å². The third-order valence-corrected chi connectivity index (χ3v) is 5.07. The first-order valence-electron chi connectivity index (χ1n) is 10.5. The molecule has 3 N–H and O–H groups in total. The first-order valence-corrected chi connectivity index (χ1v) is 10.5. The largest absolute Gasteiger partial charge is 0.479 e. The quantitative estimate of drug-likeness (QED) is 0.515. The van der Waals surface area contributed by atoms with Crippen LogP contribution >= 0.6 is 0 Å². The minimum Gasteiger partial charge on any atom is -0.479 e. The fourth-order valence-corrected chi connectivity index (χ4v) is 3.45. The van der Waals surface area contributed by atoms with E-state index in [1.165, 1.54) is 7.11 Å². The minimum absolute atomic E-state index is 0.104. The van der Waals surface area contributed by atoms with Crippen LogP contribution in [0.4, 0.5) is 16.2 Å². The number of aromatic nitrogens is 1. The number of hydrogen-bond acceptors (Lipinski definition) is 5. The van der Waals surface area contributed by atoms with Gasteiger partial charge in [-0.2, -0.15) is 0 Å². The standard InChI is InChI=1S/C25H24N4O4/c1-26-23(30)17-7-5-8-20(14-17)33-19-12-10-18(11-13-19)27-25(31)29-22-15-16-6-3-4-9-21(16)28-24(22)32-2/h3-4,6,8-15H,5,7H2,1-2H3,(H,26,30)(H2,27,29,31). The van der Waals surface area contributed by atoms with Gasteiger partial charge in [-0.05, 0) is 61.4 Å². The van der Waals surface area contributed by atoms with E-state index in [1.807, 2.05) is 36.4 Å². The van der Waals surface area contributed by atoms with Crippen LogP contribution in [0.25, 0.3) is 10.9 Å². The Labute approximate surface area is 191 Å². The Balaban J connectivity index is 1.40. The number of fused-ring (bicyclic) bond motifs is 1. The molecule has 0 bridgehead atoms. The number of urea groups is 1. The van der Waals surface area contributed by atoms with Crippen molar-refractivity contribution in [1.29, 1.82) is 0 Å². The molecule has 168 valence electrons. The molecule has 1 heterocycles. The first-order chi connectivity index (χ1) is 16.1. The van der Waals surface area contributed by atoms with Gasteiger partial charge in [0.05, 0.1) is 12.6 Å². The monoisotopic (exact) mass is 444 g/mol. The van der Waals surface area contributed by atoms with Gasteiger partial charge in [-0.25, -0.2) is 9.78 Å². The smallest absolute Gasteiger partial charge is 0.323 e. The molecule has 3 aromatic rings. The van der Waals surface area contributed by atoms with Crippen LogP contribution in [-0.4, -0.2) is 31.1 Å². The molecular formula is C25H24N4O4. The van der Waals surface area contributed by atoms with Gasteiger partial charge in [0, 0.05) is 23.7 Å². The molecule has 0 aliphatic heterocycles. The lowest BCUT2D eigenvalue weighted by molar-refractivity contribution is -0.117. The molecule has 8 nitrogen and oxygen atoms in total. The van der Waals surface area contributed by atoms with Crippen LogP contribution in [0.3, 0.4) is 0 Å². The molecule has 0 saturated carbocycles. The van der Waals surface area contributed by atoms with E-state index in [4.69, 9.17) is 9.47 Å². The molecule has 0 atom stereocenters. The third-order valence-electron chi connectivity index (χ3n) is 5.07. The van der Waals surface area contributed by atoms with Gasteiger partial charge in [-0.15, -0.1) is 0 Å². The highest BCUT2D eigenvalue weighted by atomic mass is 16.5. The Morgan fingerprint density at radius 3 is 2.58 bits per heavy atom. The average Bonchev–Trinajstić information content (AvgIpc) is 2.84. The van der Waals surface area contributed by atoms with Crippen LogP contribution in [0.15, 0.2) is 78.1 Å².